The van der Waals surface area contributed by atoms with Crippen LogP contribution >= 0.6 is 0 Å². The van der Waals surface area contributed by atoms with E-state index in [9.17, 15) is 9.59 Å². The summed E-state index contributed by atoms with van der Waals surface area (Å²) in [5.74, 6) is 2.13. The molecule has 1 amide bonds. The lowest BCUT2D eigenvalue weighted by Crippen LogP contribution is -2.28. The molecule has 0 aliphatic heterocycles. The number of fused-ring (bicyclic) bond motifs is 2. The standard InChI is InChI=1S/C16H21NO4/c18-15(17-9-14-2-1-5-20-14)10-21-16(19)8-13-7-11-3-4-12(13)6-11/h1-2,5,11-13H,3-4,6-10H2,(H,17,18). The van der Waals surface area contributed by atoms with Crippen LogP contribution in [-0.2, 0) is 20.9 Å². The molecule has 2 aliphatic rings. The van der Waals surface area contributed by atoms with Gasteiger partial charge in [-0.2, -0.15) is 0 Å². The number of carbonyl (C=O) groups is 2. The molecule has 2 fully saturated rings. The Morgan fingerprint density at radius 2 is 2.24 bits per heavy atom. The molecule has 0 aromatic carbocycles. The minimum atomic E-state index is -0.298. The van der Waals surface area contributed by atoms with Gasteiger partial charge in [-0.15, -0.1) is 0 Å². The second-order valence-corrected chi connectivity index (χ2v) is 6.16. The topological polar surface area (TPSA) is 68.5 Å². The predicted octanol–water partition coefficient (Wildman–Crippen LogP) is 2.27. The van der Waals surface area contributed by atoms with Crippen molar-refractivity contribution in [3.63, 3.8) is 0 Å². The monoisotopic (exact) mass is 291 g/mol. The number of furan rings is 1. The fourth-order valence-electron chi connectivity index (χ4n) is 3.70. The van der Waals surface area contributed by atoms with Crippen LogP contribution in [0.3, 0.4) is 0 Å². The van der Waals surface area contributed by atoms with Crippen LogP contribution < -0.4 is 5.32 Å². The number of hydrogen-bond acceptors (Lipinski definition) is 4. The highest BCUT2D eigenvalue weighted by atomic mass is 16.5. The summed E-state index contributed by atoms with van der Waals surface area (Å²) in [6.07, 6.45) is 7.03. The molecule has 1 aromatic rings. The van der Waals surface area contributed by atoms with Gasteiger partial charge in [-0.05, 0) is 49.1 Å². The third-order valence-electron chi connectivity index (χ3n) is 4.72. The highest BCUT2D eigenvalue weighted by molar-refractivity contribution is 5.80. The van der Waals surface area contributed by atoms with E-state index < -0.39 is 0 Å². The van der Waals surface area contributed by atoms with E-state index in [2.05, 4.69) is 5.32 Å². The summed E-state index contributed by atoms with van der Waals surface area (Å²) in [7, 11) is 0. The fourth-order valence-corrected chi connectivity index (χ4v) is 3.70. The summed E-state index contributed by atoms with van der Waals surface area (Å²) in [4.78, 5) is 23.4. The maximum Gasteiger partial charge on any atom is 0.306 e. The first-order valence-corrected chi connectivity index (χ1v) is 7.65. The van der Waals surface area contributed by atoms with Crippen molar-refractivity contribution in [3.05, 3.63) is 24.2 Å². The van der Waals surface area contributed by atoms with Crippen LogP contribution in [0.4, 0.5) is 0 Å². The van der Waals surface area contributed by atoms with Gasteiger partial charge >= 0.3 is 5.97 Å². The Hall–Kier alpha value is -1.78. The molecule has 0 saturated heterocycles. The maximum atomic E-state index is 11.8. The lowest BCUT2D eigenvalue weighted by atomic mass is 9.86. The number of carbonyl (C=O) groups excluding carboxylic acids is 2. The van der Waals surface area contributed by atoms with Crippen LogP contribution in [0.5, 0.6) is 0 Å². The third-order valence-corrected chi connectivity index (χ3v) is 4.72. The Kier molecular flexibility index (Phi) is 4.27. The van der Waals surface area contributed by atoms with E-state index in [1.165, 1.54) is 19.3 Å². The molecule has 2 aliphatic carbocycles. The second-order valence-electron chi connectivity index (χ2n) is 6.16. The molecule has 5 nitrogen and oxygen atoms in total. The molecular formula is C16H21NO4. The second kappa shape index (κ2) is 6.33. The van der Waals surface area contributed by atoms with Crippen LogP contribution in [0, 0.1) is 17.8 Å². The average Bonchev–Trinajstić information content (AvgIpc) is 3.20. The van der Waals surface area contributed by atoms with Gasteiger partial charge in [0.15, 0.2) is 6.61 Å². The Morgan fingerprint density at radius 1 is 1.33 bits per heavy atom. The first-order chi connectivity index (χ1) is 10.2. The van der Waals surface area contributed by atoms with Gasteiger partial charge in [0.1, 0.15) is 5.76 Å². The minimum Gasteiger partial charge on any atom is -0.467 e. The number of rotatable bonds is 6. The van der Waals surface area contributed by atoms with Crippen LogP contribution in [0.1, 0.15) is 37.9 Å². The Labute approximate surface area is 124 Å². The van der Waals surface area contributed by atoms with Gasteiger partial charge < -0.3 is 14.5 Å². The molecule has 0 spiro atoms. The van der Waals surface area contributed by atoms with Crippen LogP contribution in [-0.4, -0.2) is 18.5 Å². The van der Waals surface area contributed by atoms with Crippen molar-refractivity contribution in [2.45, 2.75) is 38.6 Å². The molecule has 3 unspecified atom stereocenters. The molecule has 0 radical (unpaired) electrons. The van der Waals surface area contributed by atoms with Gasteiger partial charge in [0, 0.05) is 6.42 Å². The zero-order valence-corrected chi connectivity index (χ0v) is 12.0. The molecule has 1 aromatic heterocycles. The van der Waals surface area contributed by atoms with E-state index >= 15 is 0 Å². The molecule has 114 valence electrons. The SMILES string of the molecule is O=C(COC(=O)CC1CC2CCC1C2)NCc1ccco1. The lowest BCUT2D eigenvalue weighted by Gasteiger charge is -2.20. The van der Waals surface area contributed by atoms with E-state index in [4.69, 9.17) is 9.15 Å². The normalized spacial score (nSPS) is 26.8. The van der Waals surface area contributed by atoms with Crippen molar-refractivity contribution in [3.8, 4) is 0 Å². The molecule has 2 saturated carbocycles. The molecule has 21 heavy (non-hydrogen) atoms. The Bertz CT molecular complexity index is 496. The number of hydrogen-bond donors (Lipinski definition) is 1. The molecule has 5 heteroatoms. The van der Waals surface area contributed by atoms with Crippen molar-refractivity contribution in [2.75, 3.05) is 6.61 Å². The highest BCUT2D eigenvalue weighted by Crippen LogP contribution is 2.49. The lowest BCUT2D eigenvalue weighted by molar-refractivity contribution is -0.149. The van der Waals surface area contributed by atoms with Crippen molar-refractivity contribution in [1.82, 2.24) is 5.32 Å². The molecule has 1 N–H and O–H groups in total. The summed E-state index contributed by atoms with van der Waals surface area (Å²) in [6.45, 7) is 0.107. The van der Waals surface area contributed by atoms with E-state index in [-0.39, 0.29) is 18.5 Å². The van der Waals surface area contributed by atoms with Gasteiger partial charge in [0.2, 0.25) is 0 Å². The van der Waals surface area contributed by atoms with Crippen molar-refractivity contribution >= 4 is 11.9 Å². The Balaban J connectivity index is 1.33. The smallest absolute Gasteiger partial charge is 0.306 e. The molecule has 3 rings (SSSR count). The summed E-state index contributed by atoms with van der Waals surface area (Å²) >= 11 is 0. The van der Waals surface area contributed by atoms with Crippen LogP contribution in [0.25, 0.3) is 0 Å². The largest absolute Gasteiger partial charge is 0.467 e. The predicted molar refractivity (Wildman–Crippen MR) is 75.1 cm³/mol. The summed E-state index contributed by atoms with van der Waals surface area (Å²) in [5, 5.41) is 2.65. The fraction of sp³-hybridized carbons (Fsp3) is 0.625. The maximum absolute atomic E-state index is 11.8. The third kappa shape index (κ3) is 3.65. The van der Waals surface area contributed by atoms with Gasteiger partial charge in [0.25, 0.3) is 5.91 Å². The zero-order valence-electron chi connectivity index (χ0n) is 12.0. The summed E-state index contributed by atoms with van der Waals surface area (Å²) < 4.78 is 10.2. The number of nitrogens with one attached hydrogen (secondary N) is 1. The first kappa shape index (κ1) is 14.2. The molecule has 1 heterocycles. The van der Waals surface area contributed by atoms with Crippen molar-refractivity contribution < 1.29 is 18.7 Å². The summed E-state index contributed by atoms with van der Waals surface area (Å²) in [5.41, 5.74) is 0. The van der Waals surface area contributed by atoms with E-state index in [1.54, 1.807) is 18.4 Å². The van der Waals surface area contributed by atoms with Gasteiger partial charge in [-0.25, -0.2) is 0 Å². The average molecular weight is 291 g/mol. The van der Waals surface area contributed by atoms with Gasteiger partial charge in [0.05, 0.1) is 12.8 Å². The van der Waals surface area contributed by atoms with E-state index in [0.29, 0.717) is 30.6 Å². The van der Waals surface area contributed by atoms with E-state index in [1.807, 2.05) is 0 Å². The number of ether oxygens (including phenoxy) is 1. The van der Waals surface area contributed by atoms with Gasteiger partial charge in [-0.3, -0.25) is 9.59 Å². The van der Waals surface area contributed by atoms with Crippen molar-refractivity contribution in [1.29, 1.82) is 0 Å². The number of amides is 1. The van der Waals surface area contributed by atoms with Crippen LogP contribution in [0.2, 0.25) is 0 Å². The van der Waals surface area contributed by atoms with E-state index in [0.717, 1.165) is 12.3 Å². The highest BCUT2D eigenvalue weighted by Gasteiger charge is 2.40. The minimum absolute atomic E-state index is 0.208. The quantitative estimate of drug-likeness (QED) is 0.816. The summed E-state index contributed by atoms with van der Waals surface area (Å²) in [6, 6.07) is 3.54. The first-order valence-electron chi connectivity index (χ1n) is 7.65. The number of esters is 1. The molecule has 3 atom stereocenters. The van der Waals surface area contributed by atoms with Crippen LogP contribution in [0.15, 0.2) is 22.8 Å². The van der Waals surface area contributed by atoms with Crippen molar-refractivity contribution in [2.24, 2.45) is 17.8 Å². The van der Waals surface area contributed by atoms with Gasteiger partial charge in [-0.1, -0.05) is 6.42 Å². The molecular weight excluding hydrogens is 270 g/mol. The Morgan fingerprint density at radius 3 is 2.90 bits per heavy atom. The molecule has 2 bridgehead atoms. The zero-order chi connectivity index (χ0) is 14.7.